The lowest BCUT2D eigenvalue weighted by atomic mass is 9.95. The van der Waals surface area contributed by atoms with Gasteiger partial charge in [0.1, 0.15) is 5.75 Å². The van der Waals surface area contributed by atoms with Gasteiger partial charge in [-0.15, -0.1) is 0 Å². The van der Waals surface area contributed by atoms with Gasteiger partial charge in [-0.3, -0.25) is 9.36 Å². The van der Waals surface area contributed by atoms with Crippen LogP contribution in [0.3, 0.4) is 0 Å². The van der Waals surface area contributed by atoms with Crippen LogP contribution in [0.4, 0.5) is 5.69 Å². The fraction of sp³-hybridized carbons (Fsp3) is 0.258. The minimum absolute atomic E-state index is 0.217. The zero-order valence-electron chi connectivity index (χ0n) is 22.7. The van der Waals surface area contributed by atoms with Gasteiger partial charge in [0.25, 0.3) is 5.56 Å². The second-order valence-corrected chi connectivity index (χ2v) is 10.4. The van der Waals surface area contributed by atoms with Crippen molar-refractivity contribution in [2.45, 2.75) is 26.8 Å². The first kappa shape index (κ1) is 26.4. The van der Waals surface area contributed by atoms with Crippen molar-refractivity contribution in [3.63, 3.8) is 0 Å². The number of allylic oxidation sites excluding steroid dienone is 1. The number of hydrogen-bond acceptors (Lipinski definition) is 7. The van der Waals surface area contributed by atoms with Gasteiger partial charge >= 0.3 is 5.97 Å². The summed E-state index contributed by atoms with van der Waals surface area (Å²) in [5.41, 5.74) is 3.37. The van der Waals surface area contributed by atoms with Crippen LogP contribution >= 0.6 is 11.3 Å². The van der Waals surface area contributed by atoms with E-state index >= 15 is 0 Å². The molecule has 39 heavy (non-hydrogen) atoms. The summed E-state index contributed by atoms with van der Waals surface area (Å²) in [5, 5.41) is 2.05. The molecule has 1 aliphatic heterocycles. The summed E-state index contributed by atoms with van der Waals surface area (Å²) in [5.74, 6) is 0.239. The molecule has 0 N–H and O–H groups in total. The molecule has 1 aromatic heterocycles. The molecule has 0 amide bonds. The van der Waals surface area contributed by atoms with E-state index in [1.54, 1.807) is 18.4 Å². The summed E-state index contributed by atoms with van der Waals surface area (Å²) in [7, 11) is 3.94. The SMILES string of the molecule is CCOC(=O)C1=C(C)N=c2s/c(=C\c3c(OCC)ccc4ccccc34)c(=O)n2[C@@H]1c1ccc(N(C)C)cc1. The third kappa shape index (κ3) is 4.88. The third-order valence-corrected chi connectivity index (χ3v) is 7.73. The summed E-state index contributed by atoms with van der Waals surface area (Å²) in [6.07, 6.45) is 1.88. The first-order chi connectivity index (χ1) is 18.8. The quantitative estimate of drug-likeness (QED) is 0.324. The maximum Gasteiger partial charge on any atom is 0.338 e. The lowest BCUT2D eigenvalue weighted by molar-refractivity contribution is -0.139. The van der Waals surface area contributed by atoms with Gasteiger partial charge in [0, 0.05) is 25.3 Å². The summed E-state index contributed by atoms with van der Waals surface area (Å²) >= 11 is 1.31. The second kappa shape index (κ2) is 10.9. The van der Waals surface area contributed by atoms with Crippen molar-refractivity contribution in [2.24, 2.45) is 4.99 Å². The molecule has 2 heterocycles. The Balaban J connectivity index is 1.76. The van der Waals surface area contributed by atoms with Gasteiger partial charge in [-0.2, -0.15) is 0 Å². The Hall–Kier alpha value is -4.17. The van der Waals surface area contributed by atoms with Crippen LogP contribution in [-0.2, 0) is 9.53 Å². The number of rotatable bonds is 7. The molecule has 0 aliphatic carbocycles. The predicted octanol–water partition coefficient (Wildman–Crippen LogP) is 4.42. The number of fused-ring (bicyclic) bond motifs is 2. The zero-order chi connectivity index (χ0) is 27.7. The predicted molar refractivity (Wildman–Crippen MR) is 156 cm³/mol. The minimum Gasteiger partial charge on any atom is -0.493 e. The first-order valence-corrected chi connectivity index (χ1v) is 13.8. The Morgan fingerprint density at radius 2 is 1.79 bits per heavy atom. The van der Waals surface area contributed by atoms with E-state index < -0.39 is 12.0 Å². The average molecular weight is 542 g/mol. The van der Waals surface area contributed by atoms with Crippen molar-refractivity contribution >= 4 is 39.8 Å². The van der Waals surface area contributed by atoms with Crippen LogP contribution in [0.15, 0.2) is 81.7 Å². The average Bonchev–Trinajstić information content (AvgIpc) is 3.23. The van der Waals surface area contributed by atoms with Gasteiger partial charge in [0.15, 0.2) is 4.80 Å². The van der Waals surface area contributed by atoms with Crippen molar-refractivity contribution in [2.75, 3.05) is 32.2 Å². The van der Waals surface area contributed by atoms with Crippen molar-refractivity contribution < 1.29 is 14.3 Å². The van der Waals surface area contributed by atoms with Gasteiger partial charge < -0.3 is 14.4 Å². The van der Waals surface area contributed by atoms with Crippen LogP contribution in [0, 0.1) is 0 Å². The van der Waals surface area contributed by atoms with Crippen LogP contribution in [0.2, 0.25) is 0 Å². The summed E-state index contributed by atoms with van der Waals surface area (Å²) in [6, 6.07) is 19.2. The molecule has 0 saturated heterocycles. The van der Waals surface area contributed by atoms with Crippen molar-refractivity contribution in [1.82, 2.24) is 4.57 Å². The molecule has 0 bridgehead atoms. The highest BCUT2D eigenvalue weighted by molar-refractivity contribution is 7.07. The Labute approximate surface area is 230 Å². The molecule has 3 aromatic carbocycles. The molecule has 0 saturated carbocycles. The van der Waals surface area contributed by atoms with E-state index in [4.69, 9.17) is 14.5 Å². The summed E-state index contributed by atoms with van der Waals surface area (Å²) in [6.45, 7) is 6.24. The molecule has 0 fully saturated rings. The van der Waals surface area contributed by atoms with Crippen molar-refractivity contribution in [3.05, 3.63) is 103 Å². The van der Waals surface area contributed by atoms with Gasteiger partial charge in [0.2, 0.25) is 0 Å². The Morgan fingerprint density at radius 1 is 1.05 bits per heavy atom. The zero-order valence-corrected chi connectivity index (χ0v) is 23.5. The largest absolute Gasteiger partial charge is 0.493 e. The number of benzene rings is 3. The number of carbonyl (C=O) groups is 1. The van der Waals surface area contributed by atoms with E-state index in [0.29, 0.717) is 33.0 Å². The normalized spacial score (nSPS) is 15.2. The number of thiazole rings is 1. The second-order valence-electron chi connectivity index (χ2n) is 9.42. The molecule has 0 radical (unpaired) electrons. The van der Waals surface area contributed by atoms with Crippen LogP contribution in [0.25, 0.3) is 16.8 Å². The third-order valence-electron chi connectivity index (χ3n) is 6.75. The molecule has 5 rings (SSSR count). The summed E-state index contributed by atoms with van der Waals surface area (Å²) in [4.78, 5) is 34.5. The highest BCUT2D eigenvalue weighted by Crippen LogP contribution is 2.32. The Bertz CT molecular complexity index is 1760. The van der Waals surface area contributed by atoms with Gasteiger partial charge in [-0.05, 0) is 61.4 Å². The number of carbonyl (C=O) groups excluding carboxylic acids is 1. The molecular formula is C31H31N3O4S. The molecule has 1 atom stereocenters. The van der Waals surface area contributed by atoms with E-state index in [1.807, 2.05) is 92.7 Å². The van der Waals surface area contributed by atoms with Gasteiger partial charge in [0.05, 0.1) is 35.1 Å². The lowest BCUT2D eigenvalue weighted by Gasteiger charge is -2.25. The topological polar surface area (TPSA) is 73.1 Å². The summed E-state index contributed by atoms with van der Waals surface area (Å²) < 4.78 is 13.5. The smallest absolute Gasteiger partial charge is 0.338 e. The highest BCUT2D eigenvalue weighted by atomic mass is 32.1. The molecule has 4 aromatic rings. The molecule has 0 spiro atoms. The highest BCUT2D eigenvalue weighted by Gasteiger charge is 2.33. The number of ether oxygens (including phenoxy) is 2. The van der Waals surface area contributed by atoms with E-state index in [9.17, 15) is 9.59 Å². The molecule has 1 aliphatic rings. The van der Waals surface area contributed by atoms with Gasteiger partial charge in [-0.1, -0.05) is 53.8 Å². The molecule has 0 unspecified atom stereocenters. The number of esters is 1. The van der Waals surface area contributed by atoms with E-state index in [2.05, 4.69) is 0 Å². The van der Waals surface area contributed by atoms with E-state index in [-0.39, 0.29) is 12.2 Å². The minimum atomic E-state index is -0.655. The monoisotopic (exact) mass is 541 g/mol. The molecule has 7 nitrogen and oxygen atoms in total. The van der Waals surface area contributed by atoms with Crippen LogP contribution in [0.5, 0.6) is 5.75 Å². The van der Waals surface area contributed by atoms with Crippen LogP contribution in [0.1, 0.15) is 37.9 Å². The van der Waals surface area contributed by atoms with Crippen LogP contribution < -0.4 is 24.5 Å². The number of hydrogen-bond donors (Lipinski definition) is 0. The fourth-order valence-corrected chi connectivity index (χ4v) is 5.93. The van der Waals surface area contributed by atoms with Crippen molar-refractivity contribution in [3.8, 4) is 5.75 Å². The standard InChI is InChI=1S/C31H31N3O4S/c1-6-37-25-17-14-20-10-8-9-11-23(20)24(25)18-26-29(35)34-28(21-12-15-22(16-13-21)33(4)5)27(30(36)38-7-2)19(3)32-31(34)39-26/h8-18,28H,6-7H2,1-5H3/b26-18-/t28-/m1/s1. The van der Waals surface area contributed by atoms with Gasteiger partial charge in [-0.25, -0.2) is 9.79 Å². The Morgan fingerprint density at radius 3 is 2.49 bits per heavy atom. The molecule has 8 heteroatoms. The molecular weight excluding hydrogens is 510 g/mol. The maximum absolute atomic E-state index is 14.1. The Kier molecular flexibility index (Phi) is 7.39. The lowest BCUT2D eigenvalue weighted by Crippen LogP contribution is -2.40. The number of anilines is 1. The number of nitrogens with zero attached hydrogens (tertiary/aromatic N) is 3. The number of aromatic nitrogens is 1. The van der Waals surface area contributed by atoms with E-state index in [1.165, 1.54) is 11.3 Å². The first-order valence-electron chi connectivity index (χ1n) is 13.0. The van der Waals surface area contributed by atoms with E-state index in [0.717, 1.165) is 27.6 Å². The maximum atomic E-state index is 14.1. The van der Waals surface area contributed by atoms with Crippen molar-refractivity contribution in [1.29, 1.82) is 0 Å². The molecule has 200 valence electrons. The fourth-order valence-electron chi connectivity index (χ4n) is 4.90. The van der Waals surface area contributed by atoms with Crippen LogP contribution in [-0.4, -0.2) is 37.8 Å².